The number of aliphatic hydroxyl groups excluding tert-OH is 1. The molecular weight excluding hydrogens is 476 g/mol. The van der Waals surface area contributed by atoms with Crippen LogP contribution in [0.2, 0.25) is 10.0 Å². The van der Waals surface area contributed by atoms with E-state index in [1.807, 2.05) is 0 Å². The topological polar surface area (TPSA) is 130 Å². The molecule has 0 atom stereocenters. The van der Waals surface area contributed by atoms with Crippen LogP contribution in [0, 0.1) is 15.9 Å². The molecule has 1 aliphatic rings. The molecule has 1 aliphatic heterocycles. The lowest BCUT2D eigenvalue weighted by molar-refractivity contribution is -0.384. The molecule has 3 rings (SSSR count). The first-order valence-electron chi connectivity index (χ1n) is 8.93. The van der Waals surface area contributed by atoms with Crippen LogP contribution in [0.1, 0.15) is 23.2 Å². The number of rotatable bonds is 5. The summed E-state index contributed by atoms with van der Waals surface area (Å²) >= 11 is 11.7. The highest BCUT2D eigenvalue weighted by atomic mass is 35.5. The van der Waals surface area contributed by atoms with Gasteiger partial charge in [-0.3, -0.25) is 14.9 Å². The Bertz CT molecular complexity index is 1150. The van der Waals surface area contributed by atoms with Crippen molar-refractivity contribution in [1.82, 2.24) is 4.31 Å². The summed E-state index contributed by atoms with van der Waals surface area (Å²) in [5.41, 5.74) is -1.00. The Balaban J connectivity index is 2.02. The van der Waals surface area contributed by atoms with Gasteiger partial charge >= 0.3 is 0 Å². The maximum Gasteiger partial charge on any atom is 0.290 e. The summed E-state index contributed by atoms with van der Waals surface area (Å²) in [6, 6.07) is 5.16. The predicted molar refractivity (Wildman–Crippen MR) is 111 cm³/mol. The van der Waals surface area contributed by atoms with Crippen LogP contribution in [0.4, 0.5) is 15.8 Å². The SMILES string of the molecule is O=C(Nc1ccc(F)c(Cl)c1)c1cc([N+](=O)[O-])c(Cl)c(S(=O)(=O)N2CCC(O)CC2)c1. The molecule has 31 heavy (non-hydrogen) atoms. The molecule has 0 saturated carbocycles. The van der Waals surface area contributed by atoms with Gasteiger partial charge in [-0.15, -0.1) is 0 Å². The molecule has 0 unspecified atom stereocenters. The highest BCUT2D eigenvalue weighted by Gasteiger charge is 2.34. The van der Waals surface area contributed by atoms with E-state index in [1.54, 1.807) is 0 Å². The summed E-state index contributed by atoms with van der Waals surface area (Å²) in [6.07, 6.45) is -0.245. The number of nitrogens with one attached hydrogen (secondary N) is 1. The fourth-order valence-corrected chi connectivity index (χ4v) is 5.26. The summed E-state index contributed by atoms with van der Waals surface area (Å²) in [5, 5.41) is 22.5. The van der Waals surface area contributed by atoms with Crippen molar-refractivity contribution in [2.75, 3.05) is 18.4 Å². The van der Waals surface area contributed by atoms with E-state index in [0.29, 0.717) is 0 Å². The van der Waals surface area contributed by atoms with E-state index < -0.39 is 48.4 Å². The first-order chi connectivity index (χ1) is 14.5. The van der Waals surface area contributed by atoms with E-state index in [4.69, 9.17) is 23.2 Å². The first kappa shape index (κ1) is 23.4. The average Bonchev–Trinajstić information content (AvgIpc) is 2.70. The van der Waals surface area contributed by atoms with Crippen molar-refractivity contribution in [3.8, 4) is 0 Å². The van der Waals surface area contributed by atoms with Gasteiger partial charge in [-0.05, 0) is 37.1 Å². The van der Waals surface area contributed by atoms with E-state index >= 15 is 0 Å². The van der Waals surface area contributed by atoms with Crippen LogP contribution < -0.4 is 5.32 Å². The largest absolute Gasteiger partial charge is 0.393 e. The van der Waals surface area contributed by atoms with Crippen molar-refractivity contribution in [3.63, 3.8) is 0 Å². The number of carbonyl (C=O) groups is 1. The Morgan fingerprint density at radius 1 is 1.23 bits per heavy atom. The van der Waals surface area contributed by atoms with E-state index in [-0.39, 0.29) is 42.2 Å². The van der Waals surface area contributed by atoms with Gasteiger partial charge in [0.15, 0.2) is 0 Å². The number of amides is 1. The third kappa shape index (κ3) is 4.96. The minimum absolute atomic E-state index is 0.00186. The van der Waals surface area contributed by atoms with Gasteiger partial charge in [0, 0.05) is 30.4 Å². The van der Waals surface area contributed by atoms with Gasteiger partial charge < -0.3 is 10.4 Å². The number of sulfonamides is 1. The zero-order chi connectivity index (χ0) is 22.9. The van der Waals surface area contributed by atoms with Gasteiger partial charge in [0.05, 0.1) is 16.0 Å². The number of piperidine rings is 1. The molecule has 9 nitrogen and oxygen atoms in total. The lowest BCUT2D eigenvalue weighted by Gasteiger charge is -2.29. The smallest absolute Gasteiger partial charge is 0.290 e. The summed E-state index contributed by atoms with van der Waals surface area (Å²) < 4.78 is 40.5. The lowest BCUT2D eigenvalue weighted by atomic mass is 10.1. The molecule has 166 valence electrons. The molecule has 1 saturated heterocycles. The zero-order valence-corrected chi connectivity index (χ0v) is 18.0. The van der Waals surface area contributed by atoms with Gasteiger partial charge in [0.25, 0.3) is 11.6 Å². The highest BCUT2D eigenvalue weighted by molar-refractivity contribution is 7.89. The van der Waals surface area contributed by atoms with Crippen molar-refractivity contribution >= 4 is 50.5 Å². The monoisotopic (exact) mass is 491 g/mol. The fraction of sp³-hybridized carbons (Fsp3) is 0.278. The van der Waals surface area contributed by atoms with E-state index in [0.717, 1.165) is 28.6 Å². The maximum absolute atomic E-state index is 13.3. The van der Waals surface area contributed by atoms with Crippen LogP contribution in [0.3, 0.4) is 0 Å². The second-order valence-electron chi connectivity index (χ2n) is 6.78. The molecule has 0 aliphatic carbocycles. The molecular formula is C18H16Cl2FN3O6S. The lowest BCUT2D eigenvalue weighted by Crippen LogP contribution is -2.40. The number of nitro benzene ring substituents is 1. The molecule has 2 N–H and O–H groups in total. The molecule has 0 spiro atoms. The Kier molecular flexibility index (Phi) is 6.82. The predicted octanol–water partition coefficient (Wildman–Crippen LogP) is 3.44. The Labute approximate surface area is 186 Å². The zero-order valence-electron chi connectivity index (χ0n) is 15.7. The molecule has 1 heterocycles. The van der Waals surface area contributed by atoms with Gasteiger partial charge in [0.2, 0.25) is 10.0 Å². The summed E-state index contributed by atoms with van der Waals surface area (Å²) in [4.78, 5) is 22.6. The molecule has 0 aromatic heterocycles. The van der Waals surface area contributed by atoms with Gasteiger partial charge in [-0.25, -0.2) is 12.8 Å². The van der Waals surface area contributed by atoms with Gasteiger partial charge in [-0.2, -0.15) is 4.31 Å². The van der Waals surface area contributed by atoms with E-state index in [2.05, 4.69) is 5.32 Å². The number of carbonyl (C=O) groups excluding carboxylic acids is 1. The average molecular weight is 492 g/mol. The highest BCUT2D eigenvalue weighted by Crippen LogP contribution is 2.35. The van der Waals surface area contributed by atoms with Gasteiger partial charge in [0.1, 0.15) is 15.7 Å². The number of nitro groups is 1. The first-order valence-corrected chi connectivity index (χ1v) is 11.1. The van der Waals surface area contributed by atoms with Crippen molar-refractivity contribution in [1.29, 1.82) is 0 Å². The van der Waals surface area contributed by atoms with Crippen LogP contribution in [0.5, 0.6) is 0 Å². The van der Waals surface area contributed by atoms with Crippen molar-refractivity contribution in [2.45, 2.75) is 23.8 Å². The maximum atomic E-state index is 13.3. The summed E-state index contributed by atoms with van der Waals surface area (Å²) in [6.45, 7) is -0.00371. The standard InChI is InChI=1S/C18H16Cl2FN3O6S/c19-13-9-11(1-2-14(13)21)22-18(26)10-7-15(24(27)28)17(20)16(8-10)31(29,30)23-5-3-12(25)4-6-23/h1-2,7-9,12,25H,3-6H2,(H,22,26). The van der Waals surface area contributed by atoms with E-state index in [1.165, 1.54) is 6.07 Å². The minimum atomic E-state index is -4.28. The van der Waals surface area contributed by atoms with Crippen LogP contribution in [0.15, 0.2) is 35.2 Å². The van der Waals surface area contributed by atoms with Crippen LogP contribution in [-0.4, -0.2) is 47.9 Å². The van der Waals surface area contributed by atoms with Crippen molar-refractivity contribution in [2.24, 2.45) is 0 Å². The number of anilines is 1. The van der Waals surface area contributed by atoms with Crippen LogP contribution in [0.25, 0.3) is 0 Å². The van der Waals surface area contributed by atoms with E-state index in [9.17, 15) is 32.8 Å². The minimum Gasteiger partial charge on any atom is -0.393 e. The molecule has 1 fully saturated rings. The summed E-state index contributed by atoms with van der Waals surface area (Å²) in [7, 11) is -4.28. The van der Waals surface area contributed by atoms with Gasteiger partial charge in [-0.1, -0.05) is 23.2 Å². The number of halogens is 3. The second-order valence-corrected chi connectivity index (χ2v) is 9.47. The number of aliphatic hydroxyl groups is 1. The van der Waals surface area contributed by atoms with Crippen molar-refractivity contribution < 1.29 is 27.6 Å². The Hall–Kier alpha value is -2.31. The third-order valence-electron chi connectivity index (χ3n) is 4.70. The fourth-order valence-electron chi connectivity index (χ4n) is 3.03. The van der Waals surface area contributed by atoms with Crippen molar-refractivity contribution in [3.05, 3.63) is 61.9 Å². The normalized spacial score (nSPS) is 15.6. The Morgan fingerprint density at radius 3 is 2.45 bits per heavy atom. The second kappa shape index (κ2) is 9.05. The molecule has 0 bridgehead atoms. The number of hydrogen-bond acceptors (Lipinski definition) is 6. The Morgan fingerprint density at radius 2 is 1.87 bits per heavy atom. The summed E-state index contributed by atoms with van der Waals surface area (Å²) in [5.74, 6) is -1.59. The molecule has 0 radical (unpaired) electrons. The van der Waals surface area contributed by atoms with Crippen LogP contribution in [-0.2, 0) is 10.0 Å². The molecule has 1 amide bonds. The number of benzene rings is 2. The quantitative estimate of drug-likeness (QED) is 0.486. The van der Waals surface area contributed by atoms with Crippen LogP contribution >= 0.6 is 23.2 Å². The third-order valence-corrected chi connectivity index (χ3v) is 7.42. The molecule has 13 heteroatoms. The number of nitrogens with zero attached hydrogens (tertiary/aromatic N) is 2. The number of hydrogen-bond donors (Lipinski definition) is 2. The molecule has 2 aromatic rings. The molecule has 2 aromatic carbocycles.